The third-order valence-corrected chi connectivity index (χ3v) is 8.38. The molecular weight excluding hydrogens is 467 g/mol. The van der Waals surface area contributed by atoms with Gasteiger partial charge in [0.15, 0.2) is 5.82 Å². The maximum absolute atomic E-state index is 13.3. The largest absolute Gasteiger partial charge is 0.352 e. The zero-order valence-electron chi connectivity index (χ0n) is 18.1. The van der Waals surface area contributed by atoms with Gasteiger partial charge in [0, 0.05) is 36.8 Å². The molecule has 4 rings (SSSR count). The van der Waals surface area contributed by atoms with Crippen LogP contribution in [0.2, 0.25) is 10.0 Å². The standard InChI is InChI=1S/C23H24Cl2N4O2S/c1-15-12-16(2)23(17(3)13-15)32(30,31)29-10-8-28(9-11-29)22-7-6-21(26-27-22)19-5-4-18(24)14-20(19)25/h4-7,12-14H,8-11H2,1-3H3. The van der Waals surface area contributed by atoms with E-state index >= 15 is 0 Å². The molecule has 1 aromatic heterocycles. The molecule has 0 aliphatic carbocycles. The Morgan fingerprint density at radius 3 is 2.06 bits per heavy atom. The second kappa shape index (κ2) is 8.98. The lowest BCUT2D eigenvalue weighted by atomic mass is 10.1. The number of sulfonamides is 1. The summed E-state index contributed by atoms with van der Waals surface area (Å²) in [5, 5.41) is 9.73. The molecule has 0 unspecified atom stereocenters. The molecule has 1 saturated heterocycles. The average Bonchev–Trinajstić information content (AvgIpc) is 2.73. The molecule has 0 atom stereocenters. The van der Waals surface area contributed by atoms with Crippen LogP contribution in [0.4, 0.5) is 5.82 Å². The molecule has 0 spiro atoms. The van der Waals surface area contributed by atoms with E-state index < -0.39 is 10.0 Å². The number of nitrogens with zero attached hydrogens (tertiary/aromatic N) is 4. The SMILES string of the molecule is Cc1cc(C)c(S(=O)(=O)N2CCN(c3ccc(-c4ccc(Cl)cc4Cl)nn3)CC2)c(C)c1. The van der Waals surface area contributed by atoms with Crippen molar-refractivity contribution in [1.82, 2.24) is 14.5 Å². The van der Waals surface area contributed by atoms with Crippen molar-refractivity contribution in [1.29, 1.82) is 0 Å². The molecule has 0 radical (unpaired) electrons. The third-order valence-electron chi connectivity index (χ3n) is 5.62. The van der Waals surface area contributed by atoms with Gasteiger partial charge in [0.25, 0.3) is 0 Å². The highest BCUT2D eigenvalue weighted by atomic mass is 35.5. The van der Waals surface area contributed by atoms with Gasteiger partial charge in [0.1, 0.15) is 0 Å². The quantitative estimate of drug-likeness (QED) is 0.520. The number of rotatable bonds is 4. The van der Waals surface area contributed by atoms with Gasteiger partial charge in [0.05, 0.1) is 15.6 Å². The summed E-state index contributed by atoms with van der Waals surface area (Å²) in [5.74, 6) is 0.707. The first-order valence-corrected chi connectivity index (χ1v) is 12.5. The van der Waals surface area contributed by atoms with E-state index in [2.05, 4.69) is 10.2 Å². The minimum Gasteiger partial charge on any atom is -0.352 e. The molecule has 0 amide bonds. The molecule has 0 N–H and O–H groups in total. The Labute approximate surface area is 198 Å². The summed E-state index contributed by atoms with van der Waals surface area (Å²) >= 11 is 12.2. The predicted molar refractivity (Wildman–Crippen MR) is 129 cm³/mol. The zero-order chi connectivity index (χ0) is 23.0. The third kappa shape index (κ3) is 4.48. The Hall–Kier alpha value is -2.19. The molecule has 0 bridgehead atoms. The van der Waals surface area contributed by atoms with E-state index in [4.69, 9.17) is 23.2 Å². The molecular formula is C23H24Cl2N4O2S. The van der Waals surface area contributed by atoms with Crippen molar-refractivity contribution in [3.05, 3.63) is 69.2 Å². The number of hydrogen-bond donors (Lipinski definition) is 0. The van der Waals surface area contributed by atoms with Gasteiger partial charge < -0.3 is 4.90 Å². The van der Waals surface area contributed by atoms with E-state index in [0.29, 0.717) is 52.6 Å². The van der Waals surface area contributed by atoms with Crippen LogP contribution >= 0.6 is 23.2 Å². The monoisotopic (exact) mass is 490 g/mol. The van der Waals surface area contributed by atoms with Gasteiger partial charge in [-0.15, -0.1) is 10.2 Å². The van der Waals surface area contributed by atoms with Crippen molar-refractivity contribution in [2.45, 2.75) is 25.7 Å². The van der Waals surface area contributed by atoms with Crippen LogP contribution in [0.5, 0.6) is 0 Å². The number of hydrogen-bond acceptors (Lipinski definition) is 5. The fourth-order valence-electron chi connectivity index (χ4n) is 4.20. The van der Waals surface area contributed by atoms with E-state index in [1.165, 1.54) is 0 Å². The summed E-state index contributed by atoms with van der Waals surface area (Å²) in [4.78, 5) is 2.46. The van der Waals surface area contributed by atoms with Crippen molar-refractivity contribution in [3.8, 4) is 11.3 Å². The highest BCUT2D eigenvalue weighted by Gasteiger charge is 2.31. The van der Waals surface area contributed by atoms with Crippen molar-refractivity contribution in [3.63, 3.8) is 0 Å². The summed E-state index contributed by atoms with van der Waals surface area (Å²) in [6.07, 6.45) is 0. The maximum Gasteiger partial charge on any atom is 0.243 e. The summed E-state index contributed by atoms with van der Waals surface area (Å²) < 4.78 is 28.2. The van der Waals surface area contributed by atoms with Gasteiger partial charge in [-0.2, -0.15) is 4.31 Å². The lowest BCUT2D eigenvalue weighted by Gasteiger charge is -2.35. The summed E-state index contributed by atoms with van der Waals surface area (Å²) in [6, 6.07) is 12.8. The summed E-state index contributed by atoms with van der Waals surface area (Å²) in [5.41, 5.74) is 4.04. The van der Waals surface area contributed by atoms with E-state index in [-0.39, 0.29) is 0 Å². The lowest BCUT2D eigenvalue weighted by molar-refractivity contribution is 0.383. The van der Waals surface area contributed by atoms with E-state index in [1.54, 1.807) is 16.4 Å². The van der Waals surface area contributed by atoms with Crippen molar-refractivity contribution < 1.29 is 8.42 Å². The maximum atomic E-state index is 13.3. The fraction of sp³-hybridized carbons (Fsp3) is 0.304. The van der Waals surface area contributed by atoms with Crippen LogP contribution in [0, 0.1) is 20.8 Å². The second-order valence-corrected chi connectivity index (χ2v) is 10.7. The molecule has 1 aliphatic rings. The minimum atomic E-state index is -3.55. The van der Waals surface area contributed by atoms with Crippen LogP contribution < -0.4 is 4.90 Å². The average molecular weight is 491 g/mol. The molecule has 168 valence electrons. The Balaban J connectivity index is 1.48. The first-order valence-electron chi connectivity index (χ1n) is 10.3. The van der Waals surface area contributed by atoms with Crippen LogP contribution in [-0.4, -0.2) is 49.1 Å². The molecule has 1 aliphatic heterocycles. The highest BCUT2D eigenvalue weighted by molar-refractivity contribution is 7.89. The first-order chi connectivity index (χ1) is 15.2. The van der Waals surface area contributed by atoms with E-state index in [1.807, 2.05) is 56.0 Å². The van der Waals surface area contributed by atoms with Gasteiger partial charge in [-0.3, -0.25) is 0 Å². The van der Waals surface area contributed by atoms with Crippen LogP contribution in [0.1, 0.15) is 16.7 Å². The molecule has 32 heavy (non-hydrogen) atoms. The molecule has 6 nitrogen and oxygen atoms in total. The fourth-order valence-corrected chi connectivity index (χ4v) is 6.53. The van der Waals surface area contributed by atoms with Gasteiger partial charge in [-0.25, -0.2) is 8.42 Å². The number of benzene rings is 2. The van der Waals surface area contributed by atoms with Gasteiger partial charge in [-0.05, 0) is 62.2 Å². The molecule has 2 heterocycles. The molecule has 0 saturated carbocycles. The Morgan fingerprint density at radius 1 is 0.844 bits per heavy atom. The van der Waals surface area contributed by atoms with Crippen LogP contribution in [-0.2, 0) is 10.0 Å². The highest BCUT2D eigenvalue weighted by Crippen LogP contribution is 2.30. The minimum absolute atomic E-state index is 0.390. The summed E-state index contributed by atoms with van der Waals surface area (Å²) in [7, 11) is -3.55. The van der Waals surface area contributed by atoms with Gasteiger partial charge in [-0.1, -0.05) is 40.9 Å². The molecule has 3 aromatic rings. The van der Waals surface area contributed by atoms with Crippen LogP contribution in [0.15, 0.2) is 47.4 Å². The van der Waals surface area contributed by atoms with Crippen molar-refractivity contribution in [2.75, 3.05) is 31.1 Å². The molecule has 9 heteroatoms. The molecule has 1 fully saturated rings. The normalized spacial score (nSPS) is 15.2. The summed E-state index contributed by atoms with van der Waals surface area (Å²) in [6.45, 7) is 7.55. The Kier molecular flexibility index (Phi) is 6.45. The molecule has 2 aromatic carbocycles. The number of aryl methyl sites for hydroxylation is 3. The first kappa shape index (κ1) is 23.0. The van der Waals surface area contributed by atoms with Gasteiger partial charge >= 0.3 is 0 Å². The predicted octanol–water partition coefficient (Wildman–Crippen LogP) is 4.89. The smallest absolute Gasteiger partial charge is 0.243 e. The van der Waals surface area contributed by atoms with E-state index in [9.17, 15) is 8.42 Å². The lowest BCUT2D eigenvalue weighted by Crippen LogP contribution is -2.49. The topological polar surface area (TPSA) is 66.4 Å². The number of anilines is 1. The van der Waals surface area contributed by atoms with Crippen LogP contribution in [0.3, 0.4) is 0 Å². The van der Waals surface area contributed by atoms with E-state index in [0.717, 1.165) is 22.3 Å². The number of piperazine rings is 1. The Bertz CT molecular complexity index is 1230. The Morgan fingerprint density at radius 2 is 1.50 bits per heavy atom. The second-order valence-electron chi connectivity index (χ2n) is 8.02. The zero-order valence-corrected chi connectivity index (χ0v) is 20.5. The van der Waals surface area contributed by atoms with Crippen molar-refractivity contribution in [2.24, 2.45) is 0 Å². The van der Waals surface area contributed by atoms with Crippen molar-refractivity contribution >= 4 is 39.0 Å². The number of aromatic nitrogens is 2. The van der Waals surface area contributed by atoms with Gasteiger partial charge in [0.2, 0.25) is 10.0 Å². The number of halogens is 2. The van der Waals surface area contributed by atoms with Crippen LogP contribution in [0.25, 0.3) is 11.3 Å².